The zero-order valence-electron chi connectivity index (χ0n) is 17.5. The minimum absolute atomic E-state index is 0.0499. The van der Waals surface area contributed by atoms with Crippen molar-refractivity contribution in [1.82, 2.24) is 0 Å². The minimum Gasteiger partial charge on any atom is -0.326 e. The lowest BCUT2D eigenvalue weighted by Crippen LogP contribution is -2.30. The van der Waals surface area contributed by atoms with E-state index in [4.69, 9.17) is 0 Å². The van der Waals surface area contributed by atoms with Crippen molar-refractivity contribution in [2.75, 3.05) is 15.9 Å². The maximum atomic E-state index is 12.7. The van der Waals surface area contributed by atoms with Crippen LogP contribution in [0.25, 0.3) is 5.57 Å². The van der Waals surface area contributed by atoms with Crippen LogP contribution in [0.3, 0.4) is 0 Å². The van der Waals surface area contributed by atoms with Gasteiger partial charge in [-0.15, -0.1) is 0 Å². The van der Waals surface area contributed by atoms with Crippen LogP contribution in [0.1, 0.15) is 50.2 Å². The number of rotatable bonds is 6. The third-order valence-corrected chi connectivity index (χ3v) is 6.99. The molecule has 1 aliphatic heterocycles. The van der Waals surface area contributed by atoms with E-state index >= 15 is 0 Å². The molecular formula is C24H28N2O3S. The molecule has 1 aliphatic carbocycles. The Balaban J connectivity index is 1.69. The highest BCUT2D eigenvalue weighted by Gasteiger charge is 2.27. The summed E-state index contributed by atoms with van der Waals surface area (Å²) in [7, 11) is -3.53. The van der Waals surface area contributed by atoms with Crippen molar-refractivity contribution < 1.29 is 13.2 Å². The van der Waals surface area contributed by atoms with Crippen LogP contribution in [0.5, 0.6) is 0 Å². The van der Waals surface area contributed by atoms with Gasteiger partial charge in [0.1, 0.15) is 0 Å². The number of nitrogens with zero attached hydrogens (tertiary/aromatic N) is 1. The van der Waals surface area contributed by atoms with Gasteiger partial charge in [-0.25, -0.2) is 12.7 Å². The summed E-state index contributed by atoms with van der Waals surface area (Å²) < 4.78 is 26.8. The lowest BCUT2D eigenvalue weighted by Gasteiger charge is -2.28. The van der Waals surface area contributed by atoms with Crippen molar-refractivity contribution in [2.24, 2.45) is 5.92 Å². The third-order valence-electron chi connectivity index (χ3n) is 5.90. The zero-order chi connectivity index (χ0) is 21.3. The molecule has 1 atom stereocenters. The molecule has 1 heterocycles. The fraction of sp³-hybridized carbons (Fsp3) is 0.375. The fourth-order valence-electron chi connectivity index (χ4n) is 4.45. The fourth-order valence-corrected chi connectivity index (χ4v) is 5.45. The predicted molar refractivity (Wildman–Crippen MR) is 122 cm³/mol. The van der Waals surface area contributed by atoms with Crippen LogP contribution >= 0.6 is 0 Å². The number of anilines is 3. The molecule has 6 heteroatoms. The highest BCUT2D eigenvalue weighted by molar-refractivity contribution is 7.92. The molecule has 0 bridgehead atoms. The van der Waals surface area contributed by atoms with Crippen molar-refractivity contribution in [3.63, 3.8) is 0 Å². The second-order valence-electron chi connectivity index (χ2n) is 8.22. The molecule has 1 N–H and O–H groups in total. The summed E-state index contributed by atoms with van der Waals surface area (Å²) in [5.41, 5.74) is 5.44. The number of allylic oxidation sites excluding steroid dienone is 2. The third kappa shape index (κ3) is 4.15. The number of amides is 1. The van der Waals surface area contributed by atoms with Crippen LogP contribution in [-0.2, 0) is 21.2 Å². The maximum absolute atomic E-state index is 12.7. The normalized spacial score (nSPS) is 18.5. The lowest BCUT2D eigenvalue weighted by molar-refractivity contribution is -0.120. The van der Waals surface area contributed by atoms with E-state index in [2.05, 4.69) is 18.3 Å². The minimum atomic E-state index is -3.53. The van der Waals surface area contributed by atoms with Crippen LogP contribution in [0.15, 0.2) is 48.5 Å². The monoisotopic (exact) mass is 424 g/mol. The standard InChI is InChI=1S/C24H28N2O3S/c1-3-6-19-15-20-16-22(13-14-23(20)25-24(19)27)26(30(2,28)29)21-11-9-18(10-12-21)17-7-4-5-8-17/h7,9-14,16,19H,3-6,8,15H2,1-2H3,(H,25,27). The van der Waals surface area contributed by atoms with Crippen molar-refractivity contribution in [3.05, 3.63) is 59.7 Å². The molecule has 2 aromatic rings. The van der Waals surface area contributed by atoms with Gasteiger partial charge in [-0.1, -0.05) is 31.6 Å². The molecule has 2 aromatic carbocycles. The molecule has 0 fully saturated rings. The lowest BCUT2D eigenvalue weighted by atomic mass is 9.89. The summed E-state index contributed by atoms with van der Waals surface area (Å²) in [6.07, 6.45) is 9.23. The van der Waals surface area contributed by atoms with E-state index in [-0.39, 0.29) is 11.8 Å². The first kappa shape index (κ1) is 20.7. The van der Waals surface area contributed by atoms with E-state index in [1.165, 1.54) is 22.6 Å². The Kier molecular flexibility index (Phi) is 5.69. The number of carbonyl (C=O) groups is 1. The van der Waals surface area contributed by atoms with Gasteiger partial charge >= 0.3 is 0 Å². The summed E-state index contributed by atoms with van der Waals surface area (Å²) in [4.78, 5) is 12.3. The summed E-state index contributed by atoms with van der Waals surface area (Å²) in [6.45, 7) is 2.07. The molecule has 0 radical (unpaired) electrons. The van der Waals surface area contributed by atoms with Crippen molar-refractivity contribution in [1.29, 1.82) is 0 Å². The van der Waals surface area contributed by atoms with Crippen LogP contribution in [0, 0.1) is 5.92 Å². The van der Waals surface area contributed by atoms with Crippen LogP contribution in [0.2, 0.25) is 0 Å². The van der Waals surface area contributed by atoms with Crippen LogP contribution in [-0.4, -0.2) is 20.6 Å². The van der Waals surface area contributed by atoms with Crippen LogP contribution in [0.4, 0.5) is 17.1 Å². The second kappa shape index (κ2) is 8.26. The average Bonchev–Trinajstić information content (AvgIpc) is 3.23. The van der Waals surface area contributed by atoms with E-state index in [9.17, 15) is 13.2 Å². The molecule has 158 valence electrons. The predicted octanol–water partition coefficient (Wildman–Crippen LogP) is 5.26. The molecular weight excluding hydrogens is 396 g/mol. The number of benzene rings is 2. The van der Waals surface area contributed by atoms with Crippen molar-refractivity contribution in [2.45, 2.75) is 45.4 Å². The molecule has 30 heavy (non-hydrogen) atoms. The Morgan fingerprint density at radius 3 is 2.47 bits per heavy atom. The van der Waals surface area contributed by atoms with Gasteiger partial charge in [0.2, 0.25) is 15.9 Å². The first-order valence-electron chi connectivity index (χ1n) is 10.6. The Labute approximate surface area is 178 Å². The number of hydrogen-bond donors (Lipinski definition) is 1. The molecule has 1 unspecified atom stereocenters. The van der Waals surface area contributed by atoms with Gasteiger partial charge in [0.05, 0.1) is 17.6 Å². The Morgan fingerprint density at radius 2 is 1.83 bits per heavy atom. The van der Waals surface area contributed by atoms with Gasteiger partial charge in [-0.05, 0) is 79.1 Å². The maximum Gasteiger partial charge on any atom is 0.236 e. The summed E-state index contributed by atoms with van der Waals surface area (Å²) in [5, 5.41) is 2.97. The second-order valence-corrected chi connectivity index (χ2v) is 10.0. The van der Waals surface area contributed by atoms with E-state index in [1.807, 2.05) is 30.3 Å². The number of hydrogen-bond acceptors (Lipinski definition) is 3. The van der Waals surface area contributed by atoms with Gasteiger partial charge in [-0.2, -0.15) is 0 Å². The molecule has 0 spiro atoms. The van der Waals surface area contributed by atoms with E-state index in [1.54, 1.807) is 12.1 Å². The zero-order valence-corrected chi connectivity index (χ0v) is 18.3. The highest BCUT2D eigenvalue weighted by atomic mass is 32.2. The summed E-state index contributed by atoms with van der Waals surface area (Å²) in [5.74, 6) is -0.0164. The number of fused-ring (bicyclic) bond motifs is 1. The molecule has 1 amide bonds. The Morgan fingerprint density at radius 1 is 1.10 bits per heavy atom. The first-order chi connectivity index (χ1) is 14.4. The van der Waals surface area contributed by atoms with E-state index < -0.39 is 10.0 Å². The Bertz CT molecular complexity index is 1090. The van der Waals surface area contributed by atoms with Gasteiger partial charge in [0, 0.05) is 11.6 Å². The van der Waals surface area contributed by atoms with Gasteiger partial charge in [0.25, 0.3) is 0 Å². The quantitative estimate of drug-likeness (QED) is 0.688. The number of carbonyl (C=O) groups excluding carboxylic acids is 1. The summed E-state index contributed by atoms with van der Waals surface area (Å²) in [6, 6.07) is 13.2. The Hall–Kier alpha value is -2.60. The van der Waals surface area contributed by atoms with Crippen LogP contribution < -0.4 is 9.62 Å². The molecule has 4 rings (SSSR count). The van der Waals surface area contributed by atoms with Crippen molar-refractivity contribution >= 4 is 38.6 Å². The SMILES string of the molecule is CCCC1Cc2cc(N(c3ccc(C4=CCCC4)cc3)S(C)(=O)=O)ccc2NC1=O. The van der Waals surface area contributed by atoms with Gasteiger partial charge in [-0.3, -0.25) is 4.79 Å². The van der Waals surface area contributed by atoms with Gasteiger partial charge < -0.3 is 5.32 Å². The van der Waals surface area contributed by atoms with E-state index in [0.717, 1.165) is 42.5 Å². The smallest absolute Gasteiger partial charge is 0.236 e. The molecule has 2 aliphatic rings. The highest BCUT2D eigenvalue weighted by Crippen LogP contribution is 2.36. The van der Waals surface area contributed by atoms with Gasteiger partial charge in [0.15, 0.2) is 0 Å². The molecule has 0 saturated carbocycles. The number of sulfonamides is 1. The molecule has 5 nitrogen and oxygen atoms in total. The summed E-state index contributed by atoms with van der Waals surface area (Å²) >= 11 is 0. The average molecular weight is 425 g/mol. The number of nitrogens with one attached hydrogen (secondary N) is 1. The topological polar surface area (TPSA) is 66.5 Å². The first-order valence-corrected chi connectivity index (χ1v) is 12.4. The van der Waals surface area contributed by atoms with Crippen molar-refractivity contribution in [3.8, 4) is 0 Å². The van der Waals surface area contributed by atoms with E-state index in [0.29, 0.717) is 17.8 Å². The largest absolute Gasteiger partial charge is 0.326 e. The molecule has 0 saturated heterocycles. The molecule has 0 aromatic heterocycles.